The standard InChI is InChI=1S/C24H23N5OS/c1-30-22-12-4-3-11-20(22)21-15-23(28-24(27-21)31-2)29(16-18-9-5-7-13-25-18)17-19-10-6-8-14-26-19/h3-15H,16-17H2,1-2H3. The molecule has 0 amide bonds. The number of pyridine rings is 2. The van der Waals surface area contributed by atoms with Crippen LogP contribution in [0.2, 0.25) is 0 Å². The van der Waals surface area contributed by atoms with Gasteiger partial charge in [0.25, 0.3) is 0 Å². The van der Waals surface area contributed by atoms with E-state index >= 15 is 0 Å². The first kappa shape index (κ1) is 20.8. The summed E-state index contributed by atoms with van der Waals surface area (Å²) in [5, 5.41) is 0.699. The SMILES string of the molecule is COc1ccccc1-c1cc(N(Cc2ccccn2)Cc2ccccn2)nc(SC)n1. The molecule has 3 heterocycles. The highest BCUT2D eigenvalue weighted by Crippen LogP contribution is 2.32. The molecule has 7 heteroatoms. The van der Waals surface area contributed by atoms with Crippen LogP contribution in [0, 0.1) is 0 Å². The Labute approximate surface area is 186 Å². The summed E-state index contributed by atoms with van der Waals surface area (Å²) in [4.78, 5) is 20.7. The van der Waals surface area contributed by atoms with E-state index in [1.807, 2.05) is 85.4 Å². The molecule has 0 spiro atoms. The smallest absolute Gasteiger partial charge is 0.189 e. The van der Waals surface area contributed by atoms with Crippen molar-refractivity contribution in [3.63, 3.8) is 0 Å². The normalized spacial score (nSPS) is 10.6. The van der Waals surface area contributed by atoms with Gasteiger partial charge in [0.15, 0.2) is 5.16 Å². The molecule has 0 aliphatic rings. The fraction of sp³-hybridized carbons (Fsp3) is 0.167. The van der Waals surface area contributed by atoms with Crippen LogP contribution in [-0.4, -0.2) is 33.3 Å². The molecule has 0 aliphatic heterocycles. The zero-order valence-corrected chi connectivity index (χ0v) is 18.3. The number of hydrogen-bond acceptors (Lipinski definition) is 7. The Kier molecular flexibility index (Phi) is 6.74. The molecule has 0 radical (unpaired) electrons. The summed E-state index contributed by atoms with van der Waals surface area (Å²) in [6.45, 7) is 1.21. The van der Waals surface area contributed by atoms with Crippen LogP contribution in [-0.2, 0) is 13.1 Å². The monoisotopic (exact) mass is 429 g/mol. The number of para-hydroxylation sites is 1. The molecule has 31 heavy (non-hydrogen) atoms. The Morgan fingerprint density at radius 2 is 1.48 bits per heavy atom. The lowest BCUT2D eigenvalue weighted by Gasteiger charge is -2.24. The van der Waals surface area contributed by atoms with E-state index in [4.69, 9.17) is 14.7 Å². The Hall–Kier alpha value is -3.45. The second-order valence-electron chi connectivity index (χ2n) is 6.80. The van der Waals surface area contributed by atoms with Crippen LogP contribution in [0.25, 0.3) is 11.3 Å². The molecular weight excluding hydrogens is 406 g/mol. The minimum absolute atomic E-state index is 0.605. The fourth-order valence-electron chi connectivity index (χ4n) is 3.25. The lowest BCUT2D eigenvalue weighted by atomic mass is 10.1. The van der Waals surface area contributed by atoms with E-state index in [2.05, 4.69) is 14.9 Å². The fourth-order valence-corrected chi connectivity index (χ4v) is 3.63. The summed E-state index contributed by atoms with van der Waals surface area (Å²) < 4.78 is 5.56. The molecule has 0 N–H and O–H groups in total. The molecule has 0 saturated heterocycles. The van der Waals surface area contributed by atoms with Gasteiger partial charge in [0.05, 0.1) is 37.3 Å². The summed E-state index contributed by atoms with van der Waals surface area (Å²) in [7, 11) is 1.67. The van der Waals surface area contributed by atoms with E-state index in [0.717, 1.165) is 34.2 Å². The topological polar surface area (TPSA) is 64.0 Å². The third kappa shape index (κ3) is 5.19. The van der Waals surface area contributed by atoms with Gasteiger partial charge in [0.2, 0.25) is 0 Å². The molecule has 0 aliphatic carbocycles. The summed E-state index contributed by atoms with van der Waals surface area (Å²) in [5.41, 5.74) is 3.67. The van der Waals surface area contributed by atoms with Crippen molar-refractivity contribution in [1.29, 1.82) is 0 Å². The summed E-state index contributed by atoms with van der Waals surface area (Å²) in [6.07, 6.45) is 5.59. The van der Waals surface area contributed by atoms with Crippen LogP contribution in [0.3, 0.4) is 0 Å². The van der Waals surface area contributed by atoms with Crippen molar-refractivity contribution in [2.45, 2.75) is 18.2 Å². The molecule has 156 valence electrons. The summed E-state index contributed by atoms with van der Waals surface area (Å²) >= 11 is 1.51. The van der Waals surface area contributed by atoms with E-state index in [0.29, 0.717) is 18.2 Å². The van der Waals surface area contributed by atoms with Crippen LogP contribution in [0.1, 0.15) is 11.4 Å². The number of benzene rings is 1. The largest absolute Gasteiger partial charge is 0.496 e. The van der Waals surface area contributed by atoms with Gasteiger partial charge >= 0.3 is 0 Å². The maximum atomic E-state index is 5.56. The number of aromatic nitrogens is 4. The lowest BCUT2D eigenvalue weighted by molar-refractivity contribution is 0.416. The minimum Gasteiger partial charge on any atom is -0.496 e. The number of anilines is 1. The molecule has 0 fully saturated rings. The van der Waals surface area contributed by atoms with Crippen LogP contribution in [0.5, 0.6) is 5.75 Å². The third-order valence-corrected chi connectivity index (χ3v) is 5.29. The predicted octanol–water partition coefficient (Wildman–Crippen LogP) is 4.87. The Morgan fingerprint density at radius 3 is 2.06 bits per heavy atom. The zero-order valence-electron chi connectivity index (χ0n) is 17.5. The second-order valence-corrected chi connectivity index (χ2v) is 7.57. The molecule has 6 nitrogen and oxygen atoms in total. The van der Waals surface area contributed by atoms with Gasteiger partial charge in [-0.05, 0) is 42.7 Å². The average molecular weight is 430 g/mol. The van der Waals surface area contributed by atoms with E-state index < -0.39 is 0 Å². The maximum Gasteiger partial charge on any atom is 0.189 e. The van der Waals surface area contributed by atoms with Gasteiger partial charge in [-0.1, -0.05) is 36.0 Å². The highest BCUT2D eigenvalue weighted by Gasteiger charge is 2.16. The van der Waals surface area contributed by atoms with Crippen molar-refractivity contribution >= 4 is 17.6 Å². The summed E-state index contributed by atoms with van der Waals surface area (Å²) in [5.74, 6) is 1.59. The van der Waals surface area contributed by atoms with Crippen molar-refractivity contribution in [1.82, 2.24) is 19.9 Å². The van der Waals surface area contributed by atoms with E-state index in [1.54, 1.807) is 7.11 Å². The van der Waals surface area contributed by atoms with Crippen LogP contribution in [0.15, 0.2) is 84.3 Å². The van der Waals surface area contributed by atoms with Crippen molar-refractivity contribution in [2.24, 2.45) is 0 Å². The lowest BCUT2D eigenvalue weighted by Crippen LogP contribution is -2.24. The molecular formula is C24H23N5OS. The molecule has 0 saturated carbocycles. The van der Waals surface area contributed by atoms with Crippen molar-refractivity contribution in [3.8, 4) is 17.0 Å². The molecule has 4 rings (SSSR count). The van der Waals surface area contributed by atoms with Gasteiger partial charge in [-0.2, -0.15) is 0 Å². The first-order valence-electron chi connectivity index (χ1n) is 9.88. The molecule has 0 unspecified atom stereocenters. The molecule has 0 bridgehead atoms. The first-order valence-corrected chi connectivity index (χ1v) is 11.1. The Morgan fingerprint density at radius 1 is 0.839 bits per heavy atom. The molecule has 3 aromatic heterocycles. The van der Waals surface area contributed by atoms with E-state index in [-0.39, 0.29) is 0 Å². The number of ether oxygens (including phenoxy) is 1. The van der Waals surface area contributed by atoms with Crippen molar-refractivity contribution < 1.29 is 4.74 Å². The second kappa shape index (κ2) is 10.0. The minimum atomic E-state index is 0.605. The van der Waals surface area contributed by atoms with Gasteiger partial charge in [-0.15, -0.1) is 0 Å². The molecule has 1 aromatic carbocycles. The number of hydrogen-bond donors (Lipinski definition) is 0. The van der Waals surface area contributed by atoms with Crippen molar-refractivity contribution in [2.75, 3.05) is 18.3 Å². The quantitative estimate of drug-likeness (QED) is 0.292. The van der Waals surface area contributed by atoms with Gasteiger partial charge < -0.3 is 9.64 Å². The van der Waals surface area contributed by atoms with E-state index in [9.17, 15) is 0 Å². The average Bonchev–Trinajstić information content (AvgIpc) is 2.84. The Balaban J connectivity index is 1.77. The number of methoxy groups -OCH3 is 1. The van der Waals surface area contributed by atoms with Crippen LogP contribution in [0.4, 0.5) is 5.82 Å². The van der Waals surface area contributed by atoms with Crippen LogP contribution >= 0.6 is 11.8 Å². The number of nitrogens with zero attached hydrogens (tertiary/aromatic N) is 5. The van der Waals surface area contributed by atoms with Crippen molar-refractivity contribution in [3.05, 3.63) is 90.5 Å². The Bertz CT molecular complexity index is 1080. The predicted molar refractivity (Wildman–Crippen MR) is 124 cm³/mol. The van der Waals surface area contributed by atoms with Gasteiger partial charge in [0.1, 0.15) is 11.6 Å². The highest BCUT2D eigenvalue weighted by molar-refractivity contribution is 7.98. The van der Waals surface area contributed by atoms with Gasteiger partial charge in [-0.25, -0.2) is 9.97 Å². The van der Waals surface area contributed by atoms with E-state index in [1.165, 1.54) is 11.8 Å². The van der Waals surface area contributed by atoms with Gasteiger partial charge in [0, 0.05) is 24.0 Å². The van der Waals surface area contributed by atoms with Gasteiger partial charge in [-0.3, -0.25) is 9.97 Å². The molecule has 4 aromatic rings. The molecule has 0 atom stereocenters. The van der Waals surface area contributed by atoms with Crippen LogP contribution < -0.4 is 9.64 Å². The maximum absolute atomic E-state index is 5.56. The highest BCUT2D eigenvalue weighted by atomic mass is 32.2. The summed E-state index contributed by atoms with van der Waals surface area (Å²) in [6, 6.07) is 21.8. The first-order chi connectivity index (χ1) is 15.3. The number of rotatable bonds is 8. The zero-order chi connectivity index (χ0) is 21.5. The number of thioether (sulfide) groups is 1. The third-order valence-electron chi connectivity index (χ3n) is 4.74.